The molecular formula is C15H19N3. The summed E-state index contributed by atoms with van der Waals surface area (Å²) in [5.74, 6) is 3.92. The number of aliphatic imine (C=N–C) groups is 1. The number of terminal acetylenes is 1. The van der Waals surface area contributed by atoms with Crippen LogP contribution in [0.3, 0.4) is 0 Å². The van der Waals surface area contributed by atoms with Crippen molar-refractivity contribution in [2.45, 2.75) is 19.3 Å². The molecule has 94 valence electrons. The first kappa shape index (κ1) is 12.5. The van der Waals surface area contributed by atoms with Crippen LogP contribution in [0.15, 0.2) is 29.3 Å². The predicted molar refractivity (Wildman–Crippen MR) is 75.7 cm³/mol. The summed E-state index contributed by atoms with van der Waals surface area (Å²) in [5, 5.41) is 6.29. The second-order valence-electron chi connectivity index (χ2n) is 4.38. The second-order valence-corrected chi connectivity index (χ2v) is 4.38. The van der Waals surface area contributed by atoms with Gasteiger partial charge in [0.15, 0.2) is 5.96 Å². The number of benzene rings is 1. The zero-order valence-electron chi connectivity index (χ0n) is 10.7. The largest absolute Gasteiger partial charge is 0.357 e. The molecule has 18 heavy (non-hydrogen) atoms. The van der Waals surface area contributed by atoms with E-state index >= 15 is 0 Å². The second kappa shape index (κ2) is 6.11. The van der Waals surface area contributed by atoms with Gasteiger partial charge in [-0.3, -0.25) is 4.99 Å². The van der Waals surface area contributed by atoms with Crippen molar-refractivity contribution in [1.82, 2.24) is 10.6 Å². The zero-order chi connectivity index (χ0) is 12.8. The van der Waals surface area contributed by atoms with E-state index in [1.807, 2.05) is 6.92 Å². The summed E-state index contributed by atoms with van der Waals surface area (Å²) in [5.41, 5.74) is 2.90. The molecule has 0 radical (unpaired) electrons. The monoisotopic (exact) mass is 241 g/mol. The SMILES string of the molecule is C#CCNC(=NCC1Cc2ccccc21)NCC. The minimum absolute atomic E-state index is 0.507. The number of hydrogen-bond donors (Lipinski definition) is 2. The smallest absolute Gasteiger partial charge is 0.192 e. The number of nitrogens with one attached hydrogen (secondary N) is 2. The molecule has 0 saturated carbocycles. The van der Waals surface area contributed by atoms with Crippen molar-refractivity contribution >= 4 is 5.96 Å². The quantitative estimate of drug-likeness (QED) is 0.476. The molecule has 0 fully saturated rings. The topological polar surface area (TPSA) is 36.4 Å². The molecule has 1 aliphatic rings. The molecule has 2 N–H and O–H groups in total. The molecule has 1 unspecified atom stereocenters. The molecule has 2 rings (SSSR count). The van der Waals surface area contributed by atoms with Gasteiger partial charge in [-0.15, -0.1) is 6.42 Å². The standard InChI is InChI=1S/C15H19N3/c1-3-9-17-15(16-4-2)18-11-13-10-12-7-5-6-8-14(12)13/h1,5-8,13H,4,9-11H2,2H3,(H2,16,17,18). The van der Waals surface area contributed by atoms with Gasteiger partial charge in [0.1, 0.15) is 0 Å². The Labute approximate surface area is 109 Å². The van der Waals surface area contributed by atoms with E-state index in [0.29, 0.717) is 12.5 Å². The Hall–Kier alpha value is -1.95. The molecule has 0 amide bonds. The maximum absolute atomic E-state index is 5.23. The van der Waals surface area contributed by atoms with Crippen molar-refractivity contribution in [3.63, 3.8) is 0 Å². The number of guanidine groups is 1. The van der Waals surface area contributed by atoms with Gasteiger partial charge in [-0.2, -0.15) is 0 Å². The Morgan fingerprint density at radius 2 is 2.28 bits per heavy atom. The Morgan fingerprint density at radius 3 is 3.00 bits per heavy atom. The van der Waals surface area contributed by atoms with Crippen molar-refractivity contribution in [3.05, 3.63) is 35.4 Å². The van der Waals surface area contributed by atoms with E-state index in [1.165, 1.54) is 11.1 Å². The minimum atomic E-state index is 0.507. The van der Waals surface area contributed by atoms with Gasteiger partial charge in [0.2, 0.25) is 0 Å². The summed E-state index contributed by atoms with van der Waals surface area (Å²) in [4.78, 5) is 4.57. The van der Waals surface area contributed by atoms with E-state index in [0.717, 1.165) is 25.5 Å². The number of nitrogens with zero attached hydrogens (tertiary/aromatic N) is 1. The highest BCUT2D eigenvalue weighted by Crippen LogP contribution is 2.34. The summed E-state index contributed by atoms with van der Waals surface area (Å²) in [7, 11) is 0. The third-order valence-electron chi connectivity index (χ3n) is 3.13. The van der Waals surface area contributed by atoms with Crippen LogP contribution in [-0.2, 0) is 6.42 Å². The minimum Gasteiger partial charge on any atom is -0.357 e. The molecule has 1 atom stereocenters. The van der Waals surface area contributed by atoms with Crippen LogP contribution >= 0.6 is 0 Å². The first-order valence-electron chi connectivity index (χ1n) is 6.38. The van der Waals surface area contributed by atoms with E-state index < -0.39 is 0 Å². The van der Waals surface area contributed by atoms with Crippen LogP contribution in [0.2, 0.25) is 0 Å². The lowest BCUT2D eigenvalue weighted by Gasteiger charge is -2.28. The van der Waals surface area contributed by atoms with Crippen molar-refractivity contribution in [2.24, 2.45) is 4.99 Å². The molecule has 1 aromatic rings. The van der Waals surface area contributed by atoms with Crippen LogP contribution in [0.1, 0.15) is 24.0 Å². The van der Waals surface area contributed by atoms with E-state index in [-0.39, 0.29) is 0 Å². The lowest BCUT2D eigenvalue weighted by atomic mass is 9.78. The summed E-state index contributed by atoms with van der Waals surface area (Å²) in [6.45, 7) is 4.22. The molecule has 0 aromatic heterocycles. The fourth-order valence-corrected chi connectivity index (χ4v) is 2.20. The van der Waals surface area contributed by atoms with Crippen molar-refractivity contribution < 1.29 is 0 Å². The molecule has 1 aliphatic carbocycles. The highest BCUT2D eigenvalue weighted by Gasteiger charge is 2.24. The molecule has 0 bridgehead atoms. The van der Waals surface area contributed by atoms with Gasteiger partial charge in [0, 0.05) is 19.0 Å². The lowest BCUT2D eigenvalue weighted by molar-refractivity contribution is 0.615. The number of hydrogen-bond acceptors (Lipinski definition) is 1. The predicted octanol–water partition coefficient (Wildman–Crippen LogP) is 1.51. The van der Waals surface area contributed by atoms with Gasteiger partial charge >= 0.3 is 0 Å². The van der Waals surface area contributed by atoms with Gasteiger partial charge < -0.3 is 10.6 Å². The Balaban J connectivity index is 1.92. The van der Waals surface area contributed by atoms with Crippen molar-refractivity contribution in [2.75, 3.05) is 19.6 Å². The molecule has 0 aliphatic heterocycles. The van der Waals surface area contributed by atoms with E-state index in [4.69, 9.17) is 6.42 Å². The molecule has 0 spiro atoms. The highest BCUT2D eigenvalue weighted by atomic mass is 15.2. The summed E-state index contributed by atoms with van der Waals surface area (Å²) in [6.07, 6.45) is 6.37. The fourth-order valence-electron chi connectivity index (χ4n) is 2.20. The number of rotatable bonds is 4. The van der Waals surface area contributed by atoms with Gasteiger partial charge in [-0.25, -0.2) is 0 Å². The van der Waals surface area contributed by atoms with Gasteiger partial charge in [0.25, 0.3) is 0 Å². The van der Waals surface area contributed by atoms with Crippen LogP contribution in [-0.4, -0.2) is 25.6 Å². The highest BCUT2D eigenvalue weighted by molar-refractivity contribution is 5.80. The first-order chi connectivity index (χ1) is 8.85. The average Bonchev–Trinajstić information content (AvgIpc) is 2.37. The zero-order valence-corrected chi connectivity index (χ0v) is 10.7. The maximum atomic E-state index is 5.23. The van der Waals surface area contributed by atoms with E-state index in [2.05, 4.69) is 45.8 Å². The summed E-state index contributed by atoms with van der Waals surface area (Å²) < 4.78 is 0. The van der Waals surface area contributed by atoms with Gasteiger partial charge in [0.05, 0.1) is 6.54 Å². The van der Waals surface area contributed by atoms with E-state index in [9.17, 15) is 0 Å². The average molecular weight is 241 g/mol. The van der Waals surface area contributed by atoms with E-state index in [1.54, 1.807) is 0 Å². The van der Waals surface area contributed by atoms with Crippen LogP contribution in [0.5, 0.6) is 0 Å². The first-order valence-corrected chi connectivity index (χ1v) is 6.38. The lowest BCUT2D eigenvalue weighted by Crippen LogP contribution is -2.38. The maximum Gasteiger partial charge on any atom is 0.192 e. The van der Waals surface area contributed by atoms with Crippen LogP contribution in [0.4, 0.5) is 0 Å². The molecule has 3 heteroatoms. The molecule has 0 heterocycles. The van der Waals surface area contributed by atoms with Crippen LogP contribution in [0, 0.1) is 12.3 Å². The fraction of sp³-hybridized carbons (Fsp3) is 0.400. The summed E-state index contributed by atoms with van der Waals surface area (Å²) >= 11 is 0. The van der Waals surface area contributed by atoms with Crippen LogP contribution in [0.25, 0.3) is 0 Å². The van der Waals surface area contributed by atoms with Gasteiger partial charge in [-0.05, 0) is 24.5 Å². The summed E-state index contributed by atoms with van der Waals surface area (Å²) in [6, 6.07) is 8.57. The third-order valence-corrected chi connectivity index (χ3v) is 3.13. The van der Waals surface area contributed by atoms with Crippen molar-refractivity contribution in [1.29, 1.82) is 0 Å². The molecule has 3 nitrogen and oxygen atoms in total. The van der Waals surface area contributed by atoms with Crippen molar-refractivity contribution in [3.8, 4) is 12.3 Å². The Bertz CT molecular complexity index is 471. The molecule has 1 aromatic carbocycles. The number of fused-ring (bicyclic) bond motifs is 1. The van der Waals surface area contributed by atoms with Crippen LogP contribution < -0.4 is 10.6 Å². The molecular weight excluding hydrogens is 222 g/mol. The Kier molecular flexibility index (Phi) is 4.25. The van der Waals surface area contributed by atoms with Gasteiger partial charge in [-0.1, -0.05) is 30.2 Å². The molecule has 0 saturated heterocycles. The Morgan fingerprint density at radius 1 is 1.44 bits per heavy atom. The normalized spacial score (nSPS) is 17.3. The third kappa shape index (κ3) is 2.84.